The lowest BCUT2D eigenvalue weighted by molar-refractivity contribution is -0.122. The highest BCUT2D eigenvalue weighted by molar-refractivity contribution is 5.85. The summed E-state index contributed by atoms with van der Waals surface area (Å²) in [5.41, 5.74) is 1.30. The van der Waals surface area contributed by atoms with Gasteiger partial charge < -0.3 is 15.4 Å². The highest BCUT2D eigenvalue weighted by atomic mass is 35.5. The first-order chi connectivity index (χ1) is 10.6. The van der Waals surface area contributed by atoms with E-state index in [1.807, 2.05) is 12.1 Å². The van der Waals surface area contributed by atoms with E-state index < -0.39 is 0 Å². The van der Waals surface area contributed by atoms with Gasteiger partial charge in [-0.2, -0.15) is 0 Å². The highest BCUT2D eigenvalue weighted by Gasteiger charge is 2.12. The minimum atomic E-state index is 0. The van der Waals surface area contributed by atoms with Gasteiger partial charge in [0.15, 0.2) is 0 Å². The molecule has 1 aromatic carbocycles. The molecule has 24 heavy (non-hydrogen) atoms. The molecule has 2 rings (SSSR count). The summed E-state index contributed by atoms with van der Waals surface area (Å²) in [6.45, 7) is 9.65. The maximum absolute atomic E-state index is 11.8. The average molecular weight is 378 g/mol. The number of rotatable bonds is 7. The summed E-state index contributed by atoms with van der Waals surface area (Å²) in [5, 5.41) is 6.18. The van der Waals surface area contributed by atoms with Crippen molar-refractivity contribution >= 4 is 30.7 Å². The minimum absolute atomic E-state index is 0. The van der Waals surface area contributed by atoms with Crippen LogP contribution in [0.1, 0.15) is 25.3 Å². The number of carbonyl (C=O) groups is 1. The summed E-state index contributed by atoms with van der Waals surface area (Å²) in [6, 6.07) is 8.14. The van der Waals surface area contributed by atoms with Crippen LogP contribution in [0.3, 0.4) is 0 Å². The summed E-state index contributed by atoms with van der Waals surface area (Å²) in [6.07, 6.45) is 0. The Kier molecular flexibility index (Phi) is 11.8. The predicted molar refractivity (Wildman–Crippen MR) is 103 cm³/mol. The Labute approximate surface area is 157 Å². The third-order valence-corrected chi connectivity index (χ3v) is 3.82. The Morgan fingerprint density at radius 1 is 1.21 bits per heavy atom. The maximum Gasteiger partial charge on any atom is 0.234 e. The molecule has 1 heterocycles. The van der Waals surface area contributed by atoms with E-state index in [0.717, 1.165) is 31.9 Å². The number of hydrogen-bond acceptors (Lipinski definition) is 4. The van der Waals surface area contributed by atoms with Crippen LogP contribution in [0.15, 0.2) is 24.3 Å². The zero-order valence-corrected chi connectivity index (χ0v) is 16.0. The summed E-state index contributed by atoms with van der Waals surface area (Å²) in [7, 11) is 0. The zero-order chi connectivity index (χ0) is 15.8. The molecule has 0 radical (unpaired) electrons. The predicted octanol–water partition coefficient (Wildman–Crippen LogP) is 2.05. The Hall–Kier alpha value is -1.01. The smallest absolute Gasteiger partial charge is 0.234 e. The van der Waals surface area contributed by atoms with Gasteiger partial charge >= 0.3 is 0 Å². The van der Waals surface area contributed by atoms with E-state index in [1.54, 1.807) is 0 Å². The lowest BCUT2D eigenvalue weighted by Crippen LogP contribution is -2.47. The van der Waals surface area contributed by atoms with Crippen LogP contribution in [0.2, 0.25) is 0 Å². The molecule has 5 nitrogen and oxygen atoms in total. The molecular weight excluding hydrogens is 349 g/mol. The molecule has 1 aromatic rings. The first-order valence-electron chi connectivity index (χ1n) is 8.07. The molecule has 1 aliphatic heterocycles. The molecule has 2 N–H and O–H groups in total. The van der Waals surface area contributed by atoms with Gasteiger partial charge in [0, 0.05) is 26.2 Å². The van der Waals surface area contributed by atoms with E-state index in [9.17, 15) is 4.79 Å². The number of amides is 1. The average Bonchev–Trinajstić information content (AvgIpc) is 2.53. The van der Waals surface area contributed by atoms with Crippen molar-refractivity contribution < 1.29 is 9.53 Å². The Morgan fingerprint density at radius 2 is 1.83 bits per heavy atom. The molecule has 0 saturated carbocycles. The first kappa shape index (κ1) is 23.0. The van der Waals surface area contributed by atoms with E-state index in [1.165, 1.54) is 5.56 Å². The van der Waals surface area contributed by atoms with Crippen molar-refractivity contribution in [3.8, 4) is 5.75 Å². The second kappa shape index (κ2) is 12.4. The molecule has 0 aromatic heterocycles. The van der Waals surface area contributed by atoms with Gasteiger partial charge in [0.25, 0.3) is 0 Å². The van der Waals surface area contributed by atoms with Gasteiger partial charge in [0.1, 0.15) is 12.4 Å². The molecule has 0 unspecified atom stereocenters. The van der Waals surface area contributed by atoms with Gasteiger partial charge in [0.05, 0.1) is 13.1 Å². The van der Waals surface area contributed by atoms with E-state index >= 15 is 0 Å². The van der Waals surface area contributed by atoms with Crippen LogP contribution in [0.25, 0.3) is 0 Å². The van der Waals surface area contributed by atoms with Crippen LogP contribution in [0.4, 0.5) is 0 Å². The summed E-state index contributed by atoms with van der Waals surface area (Å²) in [5.74, 6) is 1.44. The second-order valence-electron chi connectivity index (χ2n) is 5.95. The normalized spacial score (nSPS) is 14.5. The molecule has 0 aliphatic carbocycles. The van der Waals surface area contributed by atoms with Crippen molar-refractivity contribution in [2.24, 2.45) is 0 Å². The molecular formula is C17H29Cl2N3O2. The number of benzene rings is 1. The van der Waals surface area contributed by atoms with Crippen LogP contribution in [-0.4, -0.2) is 56.7 Å². The standard InChI is InChI=1S/C17H27N3O2.2ClH/c1-14(2)15-3-5-16(6-4-15)22-12-9-19-17(21)13-20-10-7-18-8-11-20;;/h3-6,14,18H,7-13H2,1-2H3,(H,19,21);2*1H. The SMILES string of the molecule is CC(C)c1ccc(OCCNC(=O)CN2CCNCC2)cc1.Cl.Cl. The largest absolute Gasteiger partial charge is 0.492 e. The number of piperazine rings is 1. The fraction of sp³-hybridized carbons (Fsp3) is 0.588. The van der Waals surface area contributed by atoms with Crippen molar-refractivity contribution in [1.82, 2.24) is 15.5 Å². The van der Waals surface area contributed by atoms with Crippen LogP contribution >= 0.6 is 24.8 Å². The Morgan fingerprint density at radius 3 is 2.42 bits per heavy atom. The molecule has 0 atom stereocenters. The molecule has 1 amide bonds. The molecule has 1 aliphatic rings. The van der Waals surface area contributed by atoms with Gasteiger partial charge in [-0.15, -0.1) is 24.8 Å². The van der Waals surface area contributed by atoms with Crippen molar-refractivity contribution in [2.75, 3.05) is 45.9 Å². The summed E-state index contributed by atoms with van der Waals surface area (Å²) >= 11 is 0. The third kappa shape index (κ3) is 8.20. The number of ether oxygens (including phenoxy) is 1. The van der Waals surface area contributed by atoms with Crippen LogP contribution in [0.5, 0.6) is 5.75 Å². The van der Waals surface area contributed by atoms with E-state index in [0.29, 0.717) is 25.6 Å². The van der Waals surface area contributed by atoms with Crippen molar-refractivity contribution in [3.63, 3.8) is 0 Å². The number of hydrogen-bond donors (Lipinski definition) is 2. The number of nitrogens with one attached hydrogen (secondary N) is 2. The topological polar surface area (TPSA) is 53.6 Å². The van der Waals surface area contributed by atoms with Gasteiger partial charge in [0.2, 0.25) is 5.91 Å². The minimum Gasteiger partial charge on any atom is -0.492 e. The van der Waals surface area contributed by atoms with Gasteiger partial charge in [-0.3, -0.25) is 9.69 Å². The number of nitrogens with zero attached hydrogens (tertiary/aromatic N) is 1. The zero-order valence-electron chi connectivity index (χ0n) is 14.4. The number of carbonyl (C=O) groups excluding carboxylic acids is 1. The second-order valence-corrected chi connectivity index (χ2v) is 5.95. The maximum atomic E-state index is 11.8. The molecule has 0 bridgehead atoms. The van der Waals surface area contributed by atoms with Gasteiger partial charge in [-0.25, -0.2) is 0 Å². The van der Waals surface area contributed by atoms with Crippen molar-refractivity contribution in [1.29, 1.82) is 0 Å². The van der Waals surface area contributed by atoms with Gasteiger partial charge in [-0.05, 0) is 23.6 Å². The van der Waals surface area contributed by atoms with Crippen LogP contribution in [-0.2, 0) is 4.79 Å². The number of halogens is 2. The van der Waals surface area contributed by atoms with Crippen molar-refractivity contribution in [3.05, 3.63) is 29.8 Å². The molecule has 138 valence electrons. The monoisotopic (exact) mass is 377 g/mol. The van der Waals surface area contributed by atoms with E-state index in [-0.39, 0.29) is 30.7 Å². The lowest BCUT2D eigenvalue weighted by Gasteiger charge is -2.26. The third-order valence-electron chi connectivity index (χ3n) is 3.82. The highest BCUT2D eigenvalue weighted by Crippen LogP contribution is 2.18. The molecule has 1 saturated heterocycles. The van der Waals surface area contributed by atoms with Crippen LogP contribution in [0, 0.1) is 0 Å². The lowest BCUT2D eigenvalue weighted by atomic mass is 10.0. The van der Waals surface area contributed by atoms with Gasteiger partial charge in [-0.1, -0.05) is 26.0 Å². The molecule has 1 fully saturated rings. The van der Waals surface area contributed by atoms with Crippen molar-refractivity contribution in [2.45, 2.75) is 19.8 Å². The fourth-order valence-electron chi connectivity index (χ4n) is 2.44. The molecule has 7 heteroatoms. The fourth-order valence-corrected chi connectivity index (χ4v) is 2.44. The summed E-state index contributed by atoms with van der Waals surface area (Å²) < 4.78 is 5.64. The molecule has 0 spiro atoms. The Bertz CT molecular complexity index is 463. The van der Waals surface area contributed by atoms with E-state index in [4.69, 9.17) is 4.74 Å². The van der Waals surface area contributed by atoms with Crippen LogP contribution < -0.4 is 15.4 Å². The first-order valence-corrected chi connectivity index (χ1v) is 8.07. The quantitative estimate of drug-likeness (QED) is 0.714. The summed E-state index contributed by atoms with van der Waals surface area (Å²) in [4.78, 5) is 14.0. The Balaban J connectivity index is 0.00000264. The van der Waals surface area contributed by atoms with E-state index in [2.05, 4.69) is 41.5 Å².